The van der Waals surface area contributed by atoms with Gasteiger partial charge >= 0.3 is 0 Å². The maximum Gasteiger partial charge on any atom is 0.265 e. The van der Waals surface area contributed by atoms with Crippen molar-refractivity contribution < 1.29 is 4.79 Å². The number of halogens is 1. The molecule has 5 heteroatoms. The molecule has 3 rings (SSSR count). The molecule has 0 radical (unpaired) electrons. The Morgan fingerprint density at radius 1 is 1.24 bits per heavy atom. The third-order valence-electron chi connectivity index (χ3n) is 3.42. The van der Waals surface area contributed by atoms with Gasteiger partial charge in [0.25, 0.3) is 5.56 Å². The molecule has 0 bridgehead atoms. The van der Waals surface area contributed by atoms with Gasteiger partial charge in [0, 0.05) is 10.0 Å². The summed E-state index contributed by atoms with van der Waals surface area (Å²) in [7, 11) is 0. The second-order valence-electron chi connectivity index (χ2n) is 4.70. The summed E-state index contributed by atoms with van der Waals surface area (Å²) < 4.78 is 2.45. The molecule has 1 heterocycles. The molecule has 0 atom stereocenters. The van der Waals surface area contributed by atoms with E-state index in [2.05, 4.69) is 20.9 Å². The molecular weight excluding hydrogens is 332 g/mol. The van der Waals surface area contributed by atoms with Crippen molar-refractivity contribution in [1.82, 2.24) is 9.55 Å². The van der Waals surface area contributed by atoms with Crippen LogP contribution in [0.25, 0.3) is 16.6 Å². The summed E-state index contributed by atoms with van der Waals surface area (Å²) in [5.41, 5.74) is 2.62. The van der Waals surface area contributed by atoms with Crippen molar-refractivity contribution in [2.24, 2.45) is 0 Å². The minimum atomic E-state index is -0.154. The van der Waals surface area contributed by atoms with E-state index in [1.54, 1.807) is 18.2 Å². The van der Waals surface area contributed by atoms with E-state index >= 15 is 0 Å². The van der Waals surface area contributed by atoms with Crippen LogP contribution in [0.2, 0.25) is 0 Å². The standard InChI is InChI=1S/C16H11BrN2O2/c1-10-13(17)3-2-4-15(10)19-9-18-14-7-11(8-20)5-6-12(14)16(19)21/h2-9H,1H3. The minimum Gasteiger partial charge on any atom is -0.298 e. The van der Waals surface area contributed by atoms with E-state index in [0.717, 1.165) is 22.0 Å². The fraction of sp³-hybridized carbons (Fsp3) is 0.0625. The van der Waals surface area contributed by atoms with Crippen LogP contribution in [-0.4, -0.2) is 15.8 Å². The lowest BCUT2D eigenvalue weighted by atomic mass is 10.1. The summed E-state index contributed by atoms with van der Waals surface area (Å²) in [5, 5.41) is 0.488. The zero-order chi connectivity index (χ0) is 15.0. The quantitative estimate of drug-likeness (QED) is 0.671. The summed E-state index contributed by atoms with van der Waals surface area (Å²) in [4.78, 5) is 27.7. The number of benzene rings is 2. The van der Waals surface area contributed by atoms with Crippen molar-refractivity contribution in [3.05, 3.63) is 68.7 Å². The summed E-state index contributed by atoms with van der Waals surface area (Å²) in [5.74, 6) is 0. The molecule has 21 heavy (non-hydrogen) atoms. The molecular formula is C16H11BrN2O2. The second kappa shape index (κ2) is 5.26. The Morgan fingerprint density at radius 2 is 2.05 bits per heavy atom. The monoisotopic (exact) mass is 342 g/mol. The molecule has 0 spiro atoms. The normalized spacial score (nSPS) is 10.8. The Labute approximate surface area is 129 Å². The van der Waals surface area contributed by atoms with Gasteiger partial charge in [-0.1, -0.05) is 28.1 Å². The molecule has 0 saturated carbocycles. The van der Waals surface area contributed by atoms with E-state index < -0.39 is 0 Å². The number of hydrogen-bond donors (Lipinski definition) is 0. The predicted molar refractivity (Wildman–Crippen MR) is 85.2 cm³/mol. The number of hydrogen-bond acceptors (Lipinski definition) is 3. The van der Waals surface area contributed by atoms with Crippen molar-refractivity contribution in [3.8, 4) is 5.69 Å². The molecule has 0 fully saturated rings. The van der Waals surface area contributed by atoms with Gasteiger partial charge in [-0.05, 0) is 36.8 Å². The SMILES string of the molecule is Cc1c(Br)cccc1-n1cnc2cc(C=O)ccc2c1=O. The van der Waals surface area contributed by atoms with Crippen LogP contribution < -0.4 is 5.56 Å². The molecule has 3 aromatic rings. The van der Waals surface area contributed by atoms with Crippen LogP contribution in [0.3, 0.4) is 0 Å². The molecule has 4 nitrogen and oxygen atoms in total. The molecule has 0 unspecified atom stereocenters. The van der Waals surface area contributed by atoms with Crippen molar-refractivity contribution in [2.45, 2.75) is 6.92 Å². The Morgan fingerprint density at radius 3 is 2.81 bits per heavy atom. The van der Waals surface area contributed by atoms with Gasteiger partial charge in [0.1, 0.15) is 12.6 Å². The summed E-state index contributed by atoms with van der Waals surface area (Å²) in [6.07, 6.45) is 2.24. The summed E-state index contributed by atoms with van der Waals surface area (Å²) in [6.45, 7) is 1.94. The van der Waals surface area contributed by atoms with Crippen molar-refractivity contribution in [2.75, 3.05) is 0 Å². The van der Waals surface area contributed by atoms with Gasteiger partial charge < -0.3 is 0 Å². The zero-order valence-corrected chi connectivity index (χ0v) is 12.8. The van der Waals surface area contributed by atoms with Crippen LogP contribution in [0.4, 0.5) is 0 Å². The smallest absolute Gasteiger partial charge is 0.265 e. The maximum absolute atomic E-state index is 12.6. The maximum atomic E-state index is 12.6. The number of aldehydes is 1. The van der Waals surface area contributed by atoms with Gasteiger partial charge in [0.05, 0.1) is 16.6 Å². The first-order chi connectivity index (χ1) is 10.1. The van der Waals surface area contributed by atoms with E-state index in [0.29, 0.717) is 16.5 Å². The average Bonchev–Trinajstić information content (AvgIpc) is 2.50. The highest BCUT2D eigenvalue weighted by atomic mass is 79.9. The zero-order valence-electron chi connectivity index (χ0n) is 11.2. The second-order valence-corrected chi connectivity index (χ2v) is 5.55. The molecule has 2 aromatic carbocycles. The van der Waals surface area contributed by atoms with Crippen LogP contribution in [0.5, 0.6) is 0 Å². The Bertz CT molecular complexity index is 916. The van der Waals surface area contributed by atoms with E-state index in [4.69, 9.17) is 0 Å². The van der Waals surface area contributed by atoms with Gasteiger partial charge in [-0.15, -0.1) is 0 Å². The molecule has 104 valence electrons. The van der Waals surface area contributed by atoms with Gasteiger partial charge in [-0.3, -0.25) is 14.2 Å². The largest absolute Gasteiger partial charge is 0.298 e. The fourth-order valence-electron chi connectivity index (χ4n) is 2.24. The number of nitrogens with zero attached hydrogens (tertiary/aromatic N) is 2. The van der Waals surface area contributed by atoms with Crippen molar-refractivity contribution in [1.29, 1.82) is 0 Å². The first-order valence-electron chi connectivity index (χ1n) is 6.34. The van der Waals surface area contributed by atoms with Gasteiger partial charge in [0.15, 0.2) is 0 Å². The van der Waals surface area contributed by atoms with Crippen LogP contribution in [-0.2, 0) is 0 Å². The summed E-state index contributed by atoms with van der Waals surface area (Å²) >= 11 is 3.46. The highest BCUT2D eigenvalue weighted by Crippen LogP contribution is 2.22. The molecule has 0 saturated heterocycles. The minimum absolute atomic E-state index is 0.154. The van der Waals surface area contributed by atoms with Crippen LogP contribution in [0, 0.1) is 6.92 Å². The van der Waals surface area contributed by atoms with E-state index in [9.17, 15) is 9.59 Å². The molecule has 0 aliphatic heterocycles. The van der Waals surface area contributed by atoms with Crippen molar-refractivity contribution in [3.63, 3.8) is 0 Å². The lowest BCUT2D eigenvalue weighted by molar-refractivity contribution is 0.112. The van der Waals surface area contributed by atoms with E-state index in [-0.39, 0.29) is 5.56 Å². The third-order valence-corrected chi connectivity index (χ3v) is 4.28. The Hall–Kier alpha value is -2.27. The van der Waals surface area contributed by atoms with Gasteiger partial charge in [-0.25, -0.2) is 4.98 Å². The predicted octanol–water partition coefficient (Wildman–Crippen LogP) is 3.27. The number of rotatable bonds is 2. The highest BCUT2D eigenvalue weighted by Gasteiger charge is 2.09. The topological polar surface area (TPSA) is 52.0 Å². The lowest BCUT2D eigenvalue weighted by Gasteiger charge is -2.10. The van der Waals surface area contributed by atoms with E-state index in [1.165, 1.54) is 10.9 Å². The highest BCUT2D eigenvalue weighted by molar-refractivity contribution is 9.10. The Balaban J connectivity index is 2.30. The first-order valence-corrected chi connectivity index (χ1v) is 7.13. The lowest BCUT2D eigenvalue weighted by Crippen LogP contribution is -2.19. The van der Waals surface area contributed by atoms with Gasteiger partial charge in [0.2, 0.25) is 0 Å². The molecule has 1 aromatic heterocycles. The number of fused-ring (bicyclic) bond motifs is 1. The van der Waals surface area contributed by atoms with Crippen LogP contribution in [0.1, 0.15) is 15.9 Å². The van der Waals surface area contributed by atoms with Crippen LogP contribution >= 0.6 is 15.9 Å². The molecule has 0 amide bonds. The van der Waals surface area contributed by atoms with Crippen LogP contribution in [0.15, 0.2) is 52.0 Å². The molecule has 0 aliphatic rings. The molecule has 0 N–H and O–H groups in total. The van der Waals surface area contributed by atoms with Gasteiger partial charge in [-0.2, -0.15) is 0 Å². The number of aromatic nitrogens is 2. The number of carbonyl (C=O) groups excluding carboxylic acids is 1. The third kappa shape index (κ3) is 2.29. The van der Waals surface area contributed by atoms with Crippen molar-refractivity contribution >= 4 is 33.1 Å². The number of carbonyl (C=O) groups is 1. The fourth-order valence-corrected chi connectivity index (χ4v) is 2.60. The average molecular weight is 343 g/mol. The Kier molecular flexibility index (Phi) is 3.43. The molecule has 0 aliphatic carbocycles. The first kappa shape index (κ1) is 13.7. The van der Waals surface area contributed by atoms with E-state index in [1.807, 2.05) is 25.1 Å². The summed E-state index contributed by atoms with van der Waals surface area (Å²) in [6, 6.07) is 10.5.